The summed E-state index contributed by atoms with van der Waals surface area (Å²) in [6.07, 6.45) is 3.33. The summed E-state index contributed by atoms with van der Waals surface area (Å²) in [6, 6.07) is 23.2. The fourth-order valence-electron chi connectivity index (χ4n) is 4.45. The summed E-state index contributed by atoms with van der Waals surface area (Å²) >= 11 is 0. The molecular weight excluding hydrogens is 428 g/mol. The molecule has 1 N–H and O–H groups in total. The van der Waals surface area contributed by atoms with Crippen LogP contribution in [0.15, 0.2) is 96.8 Å². The maximum Gasteiger partial charge on any atom is 0.295 e. The zero-order chi connectivity index (χ0) is 23.7. The average Bonchev–Trinajstić information content (AvgIpc) is 3.13. The van der Waals surface area contributed by atoms with Gasteiger partial charge in [0.05, 0.1) is 18.7 Å². The molecule has 168 valence electrons. The molecule has 1 aromatic heterocycles. The SMILES string of the molecule is COc1ccc(/C(O)=C2\C(=O)C(=O)N(Cc3cccnc3)[C@@H]2c2cccc3ccccc23)cc1. The van der Waals surface area contributed by atoms with Gasteiger partial charge in [-0.25, -0.2) is 0 Å². The van der Waals surface area contributed by atoms with Crippen molar-refractivity contribution >= 4 is 28.2 Å². The first-order chi connectivity index (χ1) is 16.6. The highest BCUT2D eigenvalue weighted by Gasteiger charge is 2.46. The summed E-state index contributed by atoms with van der Waals surface area (Å²) in [5.41, 5.74) is 2.07. The number of aliphatic hydroxyl groups is 1. The number of hydrogen-bond donors (Lipinski definition) is 1. The Balaban J connectivity index is 1.72. The first kappa shape index (κ1) is 21.4. The van der Waals surface area contributed by atoms with Crippen molar-refractivity contribution in [2.75, 3.05) is 7.11 Å². The number of benzene rings is 3. The van der Waals surface area contributed by atoms with E-state index in [9.17, 15) is 14.7 Å². The number of carbonyl (C=O) groups is 2. The largest absolute Gasteiger partial charge is 0.507 e. The van der Waals surface area contributed by atoms with Gasteiger partial charge in [-0.3, -0.25) is 14.6 Å². The van der Waals surface area contributed by atoms with Crippen LogP contribution < -0.4 is 4.74 Å². The predicted octanol–water partition coefficient (Wildman–Crippen LogP) is 4.87. The summed E-state index contributed by atoms with van der Waals surface area (Å²) in [5, 5.41) is 13.2. The number of fused-ring (bicyclic) bond motifs is 1. The first-order valence-corrected chi connectivity index (χ1v) is 10.9. The fraction of sp³-hybridized carbons (Fsp3) is 0.107. The molecule has 0 bridgehead atoms. The van der Waals surface area contributed by atoms with E-state index in [-0.39, 0.29) is 17.9 Å². The van der Waals surface area contributed by atoms with Crippen molar-refractivity contribution in [2.24, 2.45) is 0 Å². The van der Waals surface area contributed by atoms with Crippen LogP contribution in [0.25, 0.3) is 16.5 Å². The summed E-state index contributed by atoms with van der Waals surface area (Å²) in [7, 11) is 1.55. The predicted molar refractivity (Wildman–Crippen MR) is 129 cm³/mol. The minimum Gasteiger partial charge on any atom is -0.507 e. The minimum atomic E-state index is -0.756. The van der Waals surface area contributed by atoms with Crippen molar-refractivity contribution in [3.8, 4) is 5.75 Å². The molecule has 1 aliphatic heterocycles. The van der Waals surface area contributed by atoms with Crippen LogP contribution in [0, 0.1) is 0 Å². The number of pyridine rings is 1. The van der Waals surface area contributed by atoms with Crippen LogP contribution in [-0.4, -0.2) is 33.8 Å². The van der Waals surface area contributed by atoms with Crippen molar-refractivity contribution in [1.29, 1.82) is 0 Å². The van der Waals surface area contributed by atoms with Crippen molar-refractivity contribution in [1.82, 2.24) is 9.88 Å². The van der Waals surface area contributed by atoms with E-state index in [1.165, 1.54) is 4.90 Å². The number of likely N-dealkylation sites (tertiary alicyclic amines) is 1. The van der Waals surface area contributed by atoms with Crippen LogP contribution >= 0.6 is 0 Å². The van der Waals surface area contributed by atoms with Crippen LogP contribution in [0.3, 0.4) is 0 Å². The van der Waals surface area contributed by atoms with Gasteiger partial charge in [0.1, 0.15) is 11.5 Å². The van der Waals surface area contributed by atoms with Crippen molar-refractivity contribution in [2.45, 2.75) is 12.6 Å². The molecule has 1 aliphatic rings. The third-order valence-corrected chi connectivity index (χ3v) is 6.10. The Bertz CT molecular complexity index is 1410. The second-order valence-corrected chi connectivity index (χ2v) is 8.09. The number of hydrogen-bond acceptors (Lipinski definition) is 5. The summed E-state index contributed by atoms with van der Waals surface area (Å²) in [4.78, 5) is 32.2. The van der Waals surface area contributed by atoms with Crippen LogP contribution in [0.1, 0.15) is 22.7 Å². The molecule has 0 spiro atoms. The second-order valence-electron chi connectivity index (χ2n) is 8.09. The Kier molecular flexibility index (Phi) is 5.55. The molecule has 1 saturated heterocycles. The van der Waals surface area contributed by atoms with Crippen molar-refractivity contribution in [3.63, 3.8) is 0 Å². The molecule has 1 amide bonds. The number of methoxy groups -OCH3 is 1. The molecule has 6 heteroatoms. The summed E-state index contributed by atoms with van der Waals surface area (Å²) in [6.45, 7) is 0.186. The van der Waals surface area contributed by atoms with Gasteiger partial charge in [-0.2, -0.15) is 0 Å². The standard InChI is InChI=1S/C28H22N2O4/c1-34-21-13-11-20(12-14-21)26(31)24-25(23-10-4-8-19-7-2-3-9-22(19)23)30(28(33)27(24)32)17-18-6-5-15-29-16-18/h2-16,25,31H,17H2,1H3/b26-24+/t25-/m1/s1. The molecule has 5 rings (SSSR count). The highest BCUT2D eigenvalue weighted by Crippen LogP contribution is 2.42. The van der Waals surface area contributed by atoms with Crippen LogP contribution in [0.2, 0.25) is 0 Å². The van der Waals surface area contributed by atoms with E-state index in [2.05, 4.69) is 4.98 Å². The molecule has 34 heavy (non-hydrogen) atoms. The fourth-order valence-corrected chi connectivity index (χ4v) is 4.45. The van der Waals surface area contributed by atoms with Gasteiger partial charge in [0.15, 0.2) is 0 Å². The van der Waals surface area contributed by atoms with E-state index in [1.54, 1.807) is 49.8 Å². The number of nitrogens with zero attached hydrogens (tertiary/aromatic N) is 2. The lowest BCUT2D eigenvalue weighted by atomic mass is 9.91. The second kappa shape index (κ2) is 8.83. The monoisotopic (exact) mass is 450 g/mol. The maximum absolute atomic E-state index is 13.3. The van der Waals surface area contributed by atoms with Gasteiger partial charge in [-0.05, 0) is 52.2 Å². The molecule has 4 aromatic rings. The number of aliphatic hydroxyl groups excluding tert-OH is 1. The number of aromatic nitrogens is 1. The molecule has 1 fully saturated rings. The Labute approximate surface area is 196 Å². The van der Waals surface area contributed by atoms with Crippen molar-refractivity contribution < 1.29 is 19.4 Å². The Morgan fingerprint density at radius 3 is 2.47 bits per heavy atom. The normalized spacial score (nSPS) is 17.3. The number of rotatable bonds is 5. The lowest BCUT2D eigenvalue weighted by Crippen LogP contribution is -2.29. The lowest BCUT2D eigenvalue weighted by Gasteiger charge is -2.26. The topological polar surface area (TPSA) is 79.7 Å². The smallest absolute Gasteiger partial charge is 0.295 e. The molecule has 3 aromatic carbocycles. The molecule has 6 nitrogen and oxygen atoms in total. The zero-order valence-electron chi connectivity index (χ0n) is 18.5. The van der Waals surface area contributed by atoms with E-state index in [0.717, 1.165) is 21.9 Å². The average molecular weight is 450 g/mol. The van der Waals surface area contributed by atoms with Crippen LogP contribution in [0.5, 0.6) is 5.75 Å². The molecule has 1 atom stereocenters. The minimum absolute atomic E-state index is 0.0652. The molecule has 2 heterocycles. The van der Waals surface area contributed by atoms with E-state index >= 15 is 0 Å². The van der Waals surface area contributed by atoms with Gasteiger partial charge in [0.25, 0.3) is 11.7 Å². The number of ether oxygens (including phenoxy) is 1. The van der Waals surface area contributed by atoms with Crippen LogP contribution in [0.4, 0.5) is 0 Å². The van der Waals surface area contributed by atoms with E-state index in [1.807, 2.05) is 48.5 Å². The van der Waals surface area contributed by atoms with Gasteiger partial charge < -0.3 is 14.7 Å². The van der Waals surface area contributed by atoms with E-state index in [4.69, 9.17) is 4.74 Å². The Hall–Kier alpha value is -4.45. The van der Waals surface area contributed by atoms with Gasteiger partial charge in [0, 0.05) is 24.5 Å². The lowest BCUT2D eigenvalue weighted by molar-refractivity contribution is -0.140. The third-order valence-electron chi connectivity index (χ3n) is 6.10. The van der Waals surface area contributed by atoms with Gasteiger partial charge in [0.2, 0.25) is 0 Å². The van der Waals surface area contributed by atoms with E-state index < -0.39 is 17.7 Å². The summed E-state index contributed by atoms with van der Waals surface area (Å²) < 4.78 is 5.20. The first-order valence-electron chi connectivity index (χ1n) is 10.9. The maximum atomic E-state index is 13.3. The number of amides is 1. The summed E-state index contributed by atoms with van der Waals surface area (Å²) in [5.74, 6) is -0.959. The molecular formula is C28H22N2O4. The van der Waals surface area contributed by atoms with Gasteiger partial charge in [-0.1, -0.05) is 48.5 Å². The van der Waals surface area contributed by atoms with Crippen LogP contribution in [-0.2, 0) is 16.1 Å². The van der Waals surface area contributed by atoms with Crippen molar-refractivity contribution in [3.05, 3.63) is 114 Å². The molecule has 0 unspecified atom stereocenters. The zero-order valence-corrected chi connectivity index (χ0v) is 18.5. The number of ketones is 1. The number of Topliss-reactive ketones (excluding diaryl/α,β-unsaturated/α-hetero) is 1. The number of carbonyl (C=O) groups excluding carboxylic acids is 2. The highest BCUT2D eigenvalue weighted by molar-refractivity contribution is 6.46. The van der Waals surface area contributed by atoms with Gasteiger partial charge >= 0.3 is 0 Å². The van der Waals surface area contributed by atoms with Gasteiger partial charge in [-0.15, -0.1) is 0 Å². The molecule has 0 saturated carbocycles. The molecule has 0 radical (unpaired) electrons. The molecule has 0 aliphatic carbocycles. The van der Waals surface area contributed by atoms with E-state index in [0.29, 0.717) is 11.3 Å². The Morgan fingerprint density at radius 2 is 1.74 bits per heavy atom. The Morgan fingerprint density at radius 1 is 0.971 bits per heavy atom. The highest BCUT2D eigenvalue weighted by atomic mass is 16.5. The quantitative estimate of drug-likeness (QED) is 0.267. The third kappa shape index (κ3) is 3.69.